The van der Waals surface area contributed by atoms with Crippen LogP contribution in [0.15, 0.2) is 0 Å². The first-order valence-electron chi connectivity index (χ1n) is 6.45. The quantitative estimate of drug-likeness (QED) is 0.716. The topological polar surface area (TPSA) is 106 Å². The van der Waals surface area contributed by atoms with E-state index in [0.717, 1.165) is 19.3 Å². The average molecular weight is 331 g/mol. The summed E-state index contributed by atoms with van der Waals surface area (Å²) in [6, 6.07) is 0. The zero-order valence-corrected chi connectivity index (χ0v) is 13.8. The highest BCUT2D eigenvalue weighted by Crippen LogP contribution is 2.61. The molecule has 0 amide bonds. The second-order valence-electron chi connectivity index (χ2n) is 5.92. The normalized spacial score (nSPS) is 24.1. The number of piperidine rings is 1. The zero-order valence-electron chi connectivity index (χ0n) is 12.0. The lowest BCUT2D eigenvalue weighted by Crippen LogP contribution is -2.29. The second-order valence-corrected chi connectivity index (χ2v) is 8.87. The van der Waals surface area contributed by atoms with Gasteiger partial charge >= 0.3 is 15.6 Å². The maximum Gasteiger partial charge on any atom is 0.497 e. The molecule has 1 saturated heterocycles. The molecule has 1 rings (SSSR count). The van der Waals surface area contributed by atoms with Gasteiger partial charge in [-0.05, 0) is 18.3 Å². The molecule has 20 heavy (non-hydrogen) atoms. The van der Waals surface area contributed by atoms with Gasteiger partial charge in [-0.25, -0.2) is 9.13 Å². The molecule has 1 heterocycles. The Hall–Kier alpha value is 0.220. The molecule has 0 aliphatic carbocycles. The molecular formula is C10H23NO7P2. The van der Waals surface area contributed by atoms with Crippen LogP contribution in [0.3, 0.4) is 0 Å². The Morgan fingerprint density at radius 2 is 1.60 bits per heavy atom. The Morgan fingerprint density at radius 3 is 2.10 bits per heavy atom. The van der Waals surface area contributed by atoms with Gasteiger partial charge in [-0.15, -0.1) is 0 Å². The summed E-state index contributed by atoms with van der Waals surface area (Å²) in [4.78, 5) is 18.9. The van der Waals surface area contributed by atoms with Crippen LogP contribution in [0, 0.1) is 5.41 Å². The van der Waals surface area contributed by atoms with E-state index in [1.807, 2.05) is 0 Å². The summed E-state index contributed by atoms with van der Waals surface area (Å²) in [5.41, 5.74) is -0.380. The fourth-order valence-corrected chi connectivity index (χ4v) is 3.89. The van der Waals surface area contributed by atoms with Crippen molar-refractivity contribution in [3.8, 4) is 0 Å². The Morgan fingerprint density at radius 1 is 1.05 bits per heavy atom. The second kappa shape index (κ2) is 6.99. The van der Waals surface area contributed by atoms with Crippen LogP contribution in [0.1, 0.15) is 40.0 Å². The third-order valence-corrected chi connectivity index (χ3v) is 4.94. The molecule has 10 heteroatoms. The smallest absolute Gasteiger partial charge is 0.302 e. The maximum atomic E-state index is 11.7. The predicted molar refractivity (Wildman–Crippen MR) is 72.7 cm³/mol. The van der Waals surface area contributed by atoms with E-state index in [1.165, 1.54) is 5.06 Å². The van der Waals surface area contributed by atoms with Gasteiger partial charge in [0.1, 0.15) is 0 Å². The van der Waals surface area contributed by atoms with Gasteiger partial charge in [0.15, 0.2) is 0 Å². The molecule has 1 aliphatic rings. The van der Waals surface area contributed by atoms with Gasteiger partial charge in [0.2, 0.25) is 0 Å². The predicted octanol–water partition coefficient (Wildman–Crippen LogP) is 2.68. The Kier molecular flexibility index (Phi) is 6.38. The third-order valence-electron chi connectivity index (χ3n) is 2.40. The van der Waals surface area contributed by atoms with E-state index >= 15 is 0 Å². The first-order valence-corrected chi connectivity index (χ1v) is 9.44. The summed E-state index contributed by atoms with van der Waals surface area (Å²) < 4.78 is 37.0. The summed E-state index contributed by atoms with van der Waals surface area (Å²) in [6.07, 6.45) is 2.68. The molecule has 8 nitrogen and oxygen atoms in total. The van der Waals surface area contributed by atoms with Crippen molar-refractivity contribution in [1.82, 2.24) is 5.06 Å². The van der Waals surface area contributed by atoms with Crippen LogP contribution in [-0.4, -0.2) is 34.5 Å². The number of nitrogens with zero attached hydrogens (tertiary/aromatic N) is 1. The van der Waals surface area contributed by atoms with E-state index in [9.17, 15) is 18.9 Å². The minimum absolute atomic E-state index is 0.0928. The number of rotatable bonds is 6. The van der Waals surface area contributed by atoms with E-state index in [-0.39, 0.29) is 12.0 Å². The van der Waals surface area contributed by atoms with Crippen molar-refractivity contribution in [2.24, 2.45) is 5.41 Å². The molecule has 2 atom stereocenters. The molecule has 1 aliphatic heterocycles. The number of phosphoric acid groups is 2. The Labute approximate surface area is 119 Å². The first-order chi connectivity index (χ1) is 8.99. The molecule has 120 valence electrons. The van der Waals surface area contributed by atoms with Crippen LogP contribution >= 0.6 is 15.6 Å². The van der Waals surface area contributed by atoms with Crippen LogP contribution in [0.5, 0.6) is 0 Å². The van der Waals surface area contributed by atoms with Crippen molar-refractivity contribution in [3.05, 3.63) is 0 Å². The molecule has 0 aromatic heterocycles. The van der Waals surface area contributed by atoms with Crippen LogP contribution in [0.4, 0.5) is 0 Å². The fourth-order valence-electron chi connectivity index (χ4n) is 1.54. The van der Waals surface area contributed by atoms with Gasteiger partial charge < -0.3 is 9.79 Å². The molecule has 0 bridgehead atoms. The molecule has 0 aromatic rings. The van der Waals surface area contributed by atoms with Crippen molar-refractivity contribution in [2.75, 3.05) is 19.7 Å². The SMILES string of the molecule is CC(C)(C)COP(=O)(O)OP(=O)(O)ON1CCCCC1. The molecule has 1 fully saturated rings. The van der Waals surface area contributed by atoms with Crippen LogP contribution < -0.4 is 0 Å². The zero-order chi connectivity index (χ0) is 15.4. The summed E-state index contributed by atoms with van der Waals surface area (Å²) >= 11 is 0. The number of hydrogen-bond donors (Lipinski definition) is 2. The molecular weight excluding hydrogens is 308 g/mol. The summed E-state index contributed by atoms with van der Waals surface area (Å²) in [5.74, 6) is 0. The number of hydroxylamine groups is 2. The van der Waals surface area contributed by atoms with E-state index in [2.05, 4.69) is 8.83 Å². The Balaban J connectivity index is 2.50. The first kappa shape index (κ1) is 18.3. The van der Waals surface area contributed by atoms with E-state index in [0.29, 0.717) is 13.1 Å². The highest BCUT2D eigenvalue weighted by atomic mass is 31.3. The highest BCUT2D eigenvalue weighted by Gasteiger charge is 2.38. The maximum absolute atomic E-state index is 11.7. The average Bonchev–Trinajstić information content (AvgIpc) is 2.25. The van der Waals surface area contributed by atoms with Crippen molar-refractivity contribution >= 4 is 15.6 Å². The number of phosphoric ester groups is 1. The summed E-state index contributed by atoms with van der Waals surface area (Å²) in [6.45, 7) is 6.23. The number of hydrogen-bond acceptors (Lipinski definition) is 6. The van der Waals surface area contributed by atoms with Crippen molar-refractivity contribution in [3.63, 3.8) is 0 Å². The van der Waals surface area contributed by atoms with E-state index in [1.54, 1.807) is 20.8 Å². The van der Waals surface area contributed by atoms with Gasteiger partial charge in [-0.3, -0.25) is 4.52 Å². The van der Waals surface area contributed by atoms with E-state index < -0.39 is 15.6 Å². The Bertz CT molecular complexity index is 403. The van der Waals surface area contributed by atoms with Crippen molar-refractivity contribution < 1.29 is 32.4 Å². The van der Waals surface area contributed by atoms with E-state index in [4.69, 9.17) is 4.62 Å². The third kappa shape index (κ3) is 7.86. The van der Waals surface area contributed by atoms with Gasteiger partial charge in [0.25, 0.3) is 0 Å². The lowest BCUT2D eigenvalue weighted by molar-refractivity contribution is -0.0925. The summed E-state index contributed by atoms with van der Waals surface area (Å²) in [7, 11) is -9.32. The molecule has 0 radical (unpaired) electrons. The minimum atomic E-state index is -4.68. The van der Waals surface area contributed by atoms with Gasteiger partial charge in [-0.2, -0.15) is 14.0 Å². The molecule has 0 spiro atoms. The van der Waals surface area contributed by atoms with Crippen LogP contribution in [0.25, 0.3) is 0 Å². The fraction of sp³-hybridized carbons (Fsp3) is 1.00. The van der Waals surface area contributed by atoms with Gasteiger partial charge in [0, 0.05) is 13.1 Å². The van der Waals surface area contributed by atoms with Crippen molar-refractivity contribution in [1.29, 1.82) is 0 Å². The van der Waals surface area contributed by atoms with Crippen LogP contribution in [0.2, 0.25) is 0 Å². The highest BCUT2D eigenvalue weighted by molar-refractivity contribution is 7.61. The van der Waals surface area contributed by atoms with Crippen molar-refractivity contribution in [2.45, 2.75) is 40.0 Å². The molecule has 2 N–H and O–H groups in total. The molecule has 0 aromatic carbocycles. The molecule has 2 unspecified atom stereocenters. The summed E-state index contributed by atoms with van der Waals surface area (Å²) in [5, 5.41) is 1.27. The minimum Gasteiger partial charge on any atom is -0.302 e. The lowest BCUT2D eigenvalue weighted by Gasteiger charge is -2.27. The van der Waals surface area contributed by atoms with Crippen LogP contribution in [-0.2, 0) is 22.6 Å². The largest absolute Gasteiger partial charge is 0.497 e. The van der Waals surface area contributed by atoms with Gasteiger partial charge in [-0.1, -0.05) is 27.2 Å². The molecule has 0 saturated carbocycles. The lowest BCUT2D eigenvalue weighted by atomic mass is 9.99. The monoisotopic (exact) mass is 331 g/mol. The standard InChI is InChI=1S/C10H23NO7P2/c1-10(2,3)9-16-19(12,13)18-20(14,15)17-11-7-5-4-6-8-11/h4-9H2,1-3H3,(H,12,13)(H,14,15). The van der Waals surface area contributed by atoms with Gasteiger partial charge in [0.05, 0.1) is 6.61 Å².